The fourth-order valence-electron chi connectivity index (χ4n) is 4.07. The fraction of sp³-hybridized carbons (Fsp3) is 0.240. The number of sulfone groups is 1. The highest BCUT2D eigenvalue weighted by molar-refractivity contribution is 7.92. The highest BCUT2D eigenvalue weighted by atomic mass is 32.2. The third-order valence-corrected chi connectivity index (χ3v) is 8.68. The van der Waals surface area contributed by atoms with Gasteiger partial charge in [-0.25, -0.2) is 16.8 Å². The summed E-state index contributed by atoms with van der Waals surface area (Å²) in [6.45, 7) is 1.72. The van der Waals surface area contributed by atoms with Gasteiger partial charge in [0.05, 0.1) is 22.0 Å². The van der Waals surface area contributed by atoms with Crippen molar-refractivity contribution in [2.75, 3.05) is 17.1 Å². The minimum atomic E-state index is -4.02. The van der Waals surface area contributed by atoms with Crippen molar-refractivity contribution in [3.05, 3.63) is 72.3 Å². The molecule has 0 amide bonds. The summed E-state index contributed by atoms with van der Waals surface area (Å²) in [7, 11) is -7.55. The summed E-state index contributed by atoms with van der Waals surface area (Å²) >= 11 is 0. The van der Waals surface area contributed by atoms with Crippen LogP contribution in [0.15, 0.2) is 76.5 Å². The maximum Gasteiger partial charge on any atom is 0.303 e. The van der Waals surface area contributed by atoms with Crippen LogP contribution in [-0.2, 0) is 24.7 Å². The van der Waals surface area contributed by atoms with E-state index in [1.807, 2.05) is 0 Å². The first-order valence-corrected chi connectivity index (χ1v) is 14.2. The predicted octanol–water partition coefficient (Wildman–Crippen LogP) is 3.89. The number of carbonyl (C=O) groups is 1. The third kappa shape index (κ3) is 5.18. The van der Waals surface area contributed by atoms with Crippen LogP contribution in [0.3, 0.4) is 0 Å². The van der Waals surface area contributed by atoms with Crippen molar-refractivity contribution in [2.45, 2.75) is 35.7 Å². The Morgan fingerprint density at radius 3 is 2.46 bits per heavy atom. The minimum Gasteiger partial charge on any atom is -0.486 e. The first kappa shape index (κ1) is 24.7. The molecule has 0 bridgehead atoms. The van der Waals surface area contributed by atoms with Crippen LogP contribution in [0, 0.1) is 6.92 Å². The van der Waals surface area contributed by atoms with Gasteiger partial charge in [-0.1, -0.05) is 36.4 Å². The molecule has 0 aromatic heterocycles. The molecule has 0 unspecified atom stereocenters. The molecule has 0 spiro atoms. The number of carboxylic acid groups (broad SMARTS) is 1. The summed E-state index contributed by atoms with van der Waals surface area (Å²) in [6, 6.07) is 17.9. The Bertz CT molecular complexity index is 1500. The lowest BCUT2D eigenvalue weighted by Gasteiger charge is -2.36. The lowest BCUT2D eigenvalue weighted by molar-refractivity contribution is -0.137. The number of hydrogen-bond donors (Lipinski definition) is 1. The van der Waals surface area contributed by atoms with Crippen LogP contribution in [0.25, 0.3) is 11.1 Å². The van der Waals surface area contributed by atoms with E-state index in [2.05, 4.69) is 0 Å². The number of aryl methyl sites for hydroxylation is 1. The van der Waals surface area contributed by atoms with E-state index in [-0.39, 0.29) is 40.6 Å². The SMILES string of the molecule is Cc1cccc(S(=O)(=O)N2C[C@H](CCC(=O)O)Oc3ccc(-c4ccccc4S(C)(=O)=O)cc32)c1. The average molecular weight is 516 g/mol. The topological polar surface area (TPSA) is 118 Å². The molecule has 1 atom stereocenters. The van der Waals surface area contributed by atoms with Crippen LogP contribution >= 0.6 is 0 Å². The largest absolute Gasteiger partial charge is 0.486 e. The Morgan fingerprint density at radius 2 is 1.77 bits per heavy atom. The molecule has 3 aromatic carbocycles. The lowest BCUT2D eigenvalue weighted by Crippen LogP contribution is -2.43. The molecule has 184 valence electrons. The van der Waals surface area contributed by atoms with Gasteiger partial charge in [0.15, 0.2) is 9.84 Å². The van der Waals surface area contributed by atoms with Crippen LogP contribution in [0.4, 0.5) is 5.69 Å². The van der Waals surface area contributed by atoms with E-state index in [4.69, 9.17) is 9.84 Å². The zero-order valence-electron chi connectivity index (χ0n) is 19.2. The number of anilines is 1. The van der Waals surface area contributed by atoms with Crippen LogP contribution in [0.1, 0.15) is 18.4 Å². The molecule has 0 aliphatic carbocycles. The van der Waals surface area contributed by atoms with Crippen LogP contribution in [0.5, 0.6) is 5.75 Å². The van der Waals surface area contributed by atoms with Crippen molar-refractivity contribution in [1.82, 2.24) is 0 Å². The van der Waals surface area contributed by atoms with E-state index >= 15 is 0 Å². The second kappa shape index (κ2) is 9.35. The molecule has 8 nitrogen and oxygen atoms in total. The normalized spacial score (nSPS) is 15.8. The molecule has 1 aliphatic heterocycles. The lowest BCUT2D eigenvalue weighted by atomic mass is 10.0. The van der Waals surface area contributed by atoms with E-state index in [1.54, 1.807) is 61.5 Å². The number of rotatable bonds is 7. The molecule has 3 aromatic rings. The van der Waals surface area contributed by atoms with Crippen molar-refractivity contribution in [1.29, 1.82) is 0 Å². The minimum absolute atomic E-state index is 0.0757. The molecule has 0 saturated heterocycles. The summed E-state index contributed by atoms with van der Waals surface area (Å²) in [5.41, 5.74) is 2.00. The molecular weight excluding hydrogens is 490 g/mol. The van der Waals surface area contributed by atoms with Gasteiger partial charge in [0.25, 0.3) is 10.0 Å². The zero-order valence-corrected chi connectivity index (χ0v) is 20.8. The summed E-state index contributed by atoms with van der Waals surface area (Å²) in [5, 5.41) is 9.09. The number of carboxylic acids is 1. The predicted molar refractivity (Wildman–Crippen MR) is 132 cm³/mol. The van der Waals surface area contributed by atoms with Crippen molar-refractivity contribution in [3.8, 4) is 16.9 Å². The van der Waals surface area contributed by atoms with Gasteiger partial charge in [-0.15, -0.1) is 0 Å². The molecule has 0 saturated carbocycles. The molecule has 4 rings (SSSR count). The molecule has 0 radical (unpaired) electrons. The number of aliphatic carboxylic acids is 1. The number of nitrogens with zero attached hydrogens (tertiary/aromatic N) is 1. The van der Waals surface area contributed by atoms with Gasteiger partial charge in [-0.3, -0.25) is 9.10 Å². The maximum absolute atomic E-state index is 13.7. The van der Waals surface area contributed by atoms with Gasteiger partial charge in [-0.05, 0) is 54.8 Å². The molecule has 0 fully saturated rings. The van der Waals surface area contributed by atoms with Crippen LogP contribution in [0.2, 0.25) is 0 Å². The van der Waals surface area contributed by atoms with Crippen molar-refractivity contribution in [3.63, 3.8) is 0 Å². The Hall–Kier alpha value is -3.37. The molecule has 10 heteroatoms. The van der Waals surface area contributed by atoms with E-state index in [1.165, 1.54) is 16.4 Å². The van der Waals surface area contributed by atoms with Crippen LogP contribution in [-0.4, -0.2) is 46.8 Å². The second-order valence-electron chi connectivity index (χ2n) is 8.48. The fourth-order valence-corrected chi connectivity index (χ4v) is 6.59. The van der Waals surface area contributed by atoms with E-state index < -0.39 is 31.9 Å². The molecule has 1 N–H and O–H groups in total. The van der Waals surface area contributed by atoms with Gasteiger partial charge >= 0.3 is 5.97 Å². The Morgan fingerprint density at radius 1 is 1.03 bits per heavy atom. The van der Waals surface area contributed by atoms with Crippen molar-refractivity contribution >= 4 is 31.5 Å². The quantitative estimate of drug-likeness (QED) is 0.507. The first-order chi connectivity index (χ1) is 16.5. The van der Waals surface area contributed by atoms with Crippen LogP contribution < -0.4 is 9.04 Å². The van der Waals surface area contributed by atoms with E-state index in [0.29, 0.717) is 11.1 Å². The Labute approximate surface area is 204 Å². The summed E-state index contributed by atoms with van der Waals surface area (Å²) in [4.78, 5) is 11.3. The zero-order chi connectivity index (χ0) is 25.4. The van der Waals surface area contributed by atoms with Gasteiger partial charge in [0.2, 0.25) is 0 Å². The molecule has 1 aliphatic rings. The Balaban J connectivity index is 1.86. The summed E-state index contributed by atoms with van der Waals surface area (Å²) in [6.07, 6.45) is 0.424. The number of sulfonamides is 1. The first-order valence-electron chi connectivity index (χ1n) is 10.9. The van der Waals surface area contributed by atoms with Gasteiger partial charge in [-0.2, -0.15) is 0 Å². The van der Waals surface area contributed by atoms with Gasteiger partial charge < -0.3 is 9.84 Å². The monoisotopic (exact) mass is 515 g/mol. The van der Waals surface area contributed by atoms with Gasteiger partial charge in [0.1, 0.15) is 11.9 Å². The third-order valence-electron chi connectivity index (χ3n) is 5.75. The second-order valence-corrected chi connectivity index (χ2v) is 12.3. The summed E-state index contributed by atoms with van der Waals surface area (Å²) in [5.74, 6) is -0.719. The number of hydrogen-bond acceptors (Lipinski definition) is 6. The number of fused-ring (bicyclic) bond motifs is 1. The molecular formula is C25H25NO7S2. The van der Waals surface area contributed by atoms with Gasteiger partial charge in [0, 0.05) is 18.2 Å². The average Bonchev–Trinajstić information content (AvgIpc) is 2.81. The summed E-state index contributed by atoms with van der Waals surface area (Å²) < 4.78 is 59.3. The number of benzene rings is 3. The maximum atomic E-state index is 13.7. The Kier molecular flexibility index (Phi) is 6.61. The highest BCUT2D eigenvalue weighted by Gasteiger charge is 2.35. The molecule has 35 heavy (non-hydrogen) atoms. The van der Waals surface area contributed by atoms with E-state index in [9.17, 15) is 21.6 Å². The van der Waals surface area contributed by atoms with Crippen molar-refractivity contribution < 1.29 is 31.5 Å². The smallest absolute Gasteiger partial charge is 0.303 e. The standard InChI is InChI=1S/C25H25NO7S2/c1-17-6-5-7-20(14-17)35(31,32)26-16-19(11-13-25(27)28)33-23-12-10-18(15-22(23)26)21-8-3-4-9-24(21)34(2,29)30/h3-10,12,14-15,19H,11,13,16H2,1-2H3,(H,27,28)/t19-/m0/s1. The number of ether oxygens (including phenoxy) is 1. The van der Waals surface area contributed by atoms with Crippen molar-refractivity contribution in [2.24, 2.45) is 0 Å². The highest BCUT2D eigenvalue weighted by Crippen LogP contribution is 2.41. The molecule has 1 heterocycles. The van der Waals surface area contributed by atoms with E-state index in [0.717, 1.165) is 11.8 Å².